The molecule has 0 spiro atoms. The van der Waals surface area contributed by atoms with Gasteiger partial charge in [-0.2, -0.15) is 0 Å². The molecule has 4 aromatic rings. The molecule has 9 heteroatoms. The van der Waals surface area contributed by atoms with Crippen LogP contribution in [0.1, 0.15) is 38.1 Å². The Hall–Kier alpha value is -3.62. The van der Waals surface area contributed by atoms with Crippen molar-refractivity contribution in [1.29, 1.82) is 0 Å². The molecule has 4 rings (SSSR count). The van der Waals surface area contributed by atoms with Crippen LogP contribution >= 0.6 is 0 Å². The summed E-state index contributed by atoms with van der Waals surface area (Å²) in [5, 5.41) is 1.84. The number of benzene rings is 1. The van der Waals surface area contributed by atoms with Crippen LogP contribution in [0.4, 0.5) is 0 Å². The van der Waals surface area contributed by atoms with Gasteiger partial charge in [-0.3, -0.25) is 18.9 Å². The van der Waals surface area contributed by atoms with Gasteiger partial charge in [0.25, 0.3) is 5.56 Å². The van der Waals surface area contributed by atoms with Crippen LogP contribution in [0.3, 0.4) is 0 Å². The Morgan fingerprint density at radius 3 is 2.41 bits per heavy atom. The summed E-state index contributed by atoms with van der Waals surface area (Å²) < 4.78 is 13.6. The van der Waals surface area contributed by atoms with Crippen molar-refractivity contribution in [3.8, 4) is 11.5 Å². The molecule has 1 aromatic carbocycles. The minimum atomic E-state index is -0.390. The Morgan fingerprint density at radius 1 is 1.06 bits per heavy atom. The molecule has 0 saturated heterocycles. The van der Waals surface area contributed by atoms with Gasteiger partial charge in [-0.05, 0) is 29.0 Å². The van der Waals surface area contributed by atoms with Crippen LogP contribution < -0.4 is 20.7 Å². The molecule has 0 saturated carbocycles. The lowest BCUT2D eigenvalue weighted by Crippen LogP contribution is -2.38. The molecule has 0 radical (unpaired) electrons. The Bertz CT molecular complexity index is 1430. The molecule has 1 unspecified atom stereocenters. The maximum Gasteiger partial charge on any atom is 0.332 e. The molecule has 9 nitrogen and oxygen atoms in total. The van der Waals surface area contributed by atoms with Crippen molar-refractivity contribution >= 4 is 21.9 Å². The molecule has 3 aromatic heterocycles. The van der Waals surface area contributed by atoms with Gasteiger partial charge < -0.3 is 14.5 Å². The van der Waals surface area contributed by atoms with Crippen molar-refractivity contribution in [3.63, 3.8) is 0 Å². The van der Waals surface area contributed by atoms with E-state index in [2.05, 4.69) is 9.97 Å². The van der Waals surface area contributed by atoms with E-state index in [9.17, 15) is 9.59 Å². The number of H-pyrrole nitrogens is 1. The average molecular weight is 438 g/mol. The van der Waals surface area contributed by atoms with Crippen molar-refractivity contribution in [2.75, 3.05) is 14.2 Å². The fraction of sp³-hybridized carbons (Fsp3) is 0.391. The van der Waals surface area contributed by atoms with E-state index >= 15 is 0 Å². The first-order valence-electron chi connectivity index (χ1n) is 10.5. The Balaban J connectivity index is 1.92. The van der Waals surface area contributed by atoms with Crippen LogP contribution in [-0.2, 0) is 13.6 Å². The van der Waals surface area contributed by atoms with Gasteiger partial charge in [0.15, 0.2) is 17.1 Å². The number of rotatable bonds is 6. The second-order valence-electron chi connectivity index (χ2n) is 8.35. The molecule has 1 atom stereocenters. The van der Waals surface area contributed by atoms with Crippen molar-refractivity contribution in [2.24, 2.45) is 13.0 Å². The van der Waals surface area contributed by atoms with E-state index in [1.165, 1.54) is 7.05 Å². The second-order valence-corrected chi connectivity index (χ2v) is 8.35. The minimum absolute atomic E-state index is 0.218. The highest BCUT2D eigenvalue weighted by atomic mass is 16.5. The summed E-state index contributed by atoms with van der Waals surface area (Å²) in [6, 6.07) is 3.80. The van der Waals surface area contributed by atoms with Crippen LogP contribution in [0.2, 0.25) is 0 Å². The second kappa shape index (κ2) is 8.14. The molecule has 0 bridgehead atoms. The maximum absolute atomic E-state index is 12.8. The molecule has 0 fully saturated rings. The number of methoxy groups -OCH3 is 2. The van der Waals surface area contributed by atoms with Crippen LogP contribution in [0.25, 0.3) is 21.9 Å². The third kappa shape index (κ3) is 3.43. The van der Waals surface area contributed by atoms with Crippen molar-refractivity contribution < 1.29 is 9.47 Å². The molecular formula is C23H27N5O4. The third-order valence-corrected chi connectivity index (χ3v) is 5.71. The predicted octanol–water partition coefficient (Wildman–Crippen LogP) is 2.80. The van der Waals surface area contributed by atoms with Gasteiger partial charge in [-0.25, -0.2) is 9.78 Å². The molecule has 0 amide bonds. The topological polar surface area (TPSA) is 104 Å². The van der Waals surface area contributed by atoms with E-state index in [1.807, 2.05) is 32.9 Å². The molecule has 3 heterocycles. The summed E-state index contributed by atoms with van der Waals surface area (Å²) in [7, 11) is 4.67. The predicted molar refractivity (Wildman–Crippen MR) is 123 cm³/mol. The molecule has 1 N–H and O–H groups in total. The lowest BCUT2D eigenvalue weighted by Gasteiger charge is -2.14. The summed E-state index contributed by atoms with van der Waals surface area (Å²) in [6.45, 7) is 6.49. The Labute approximate surface area is 184 Å². The van der Waals surface area contributed by atoms with Gasteiger partial charge in [0, 0.05) is 37.3 Å². The SMILES string of the molecule is COc1cc2cncc(C(C)c3nc4c([nH]3)c(=O)n(C)c(=O)n4CC(C)C)c2cc1OC. The van der Waals surface area contributed by atoms with Crippen LogP contribution in [0.15, 0.2) is 34.1 Å². The molecular weight excluding hydrogens is 410 g/mol. The molecule has 32 heavy (non-hydrogen) atoms. The first-order valence-corrected chi connectivity index (χ1v) is 10.5. The summed E-state index contributed by atoms with van der Waals surface area (Å²) in [5.74, 6) is 1.82. The van der Waals surface area contributed by atoms with E-state index < -0.39 is 5.56 Å². The highest BCUT2D eigenvalue weighted by Crippen LogP contribution is 2.36. The van der Waals surface area contributed by atoms with E-state index in [0.29, 0.717) is 35.0 Å². The summed E-state index contributed by atoms with van der Waals surface area (Å²) in [4.78, 5) is 37.7. The van der Waals surface area contributed by atoms with Crippen LogP contribution in [0.5, 0.6) is 11.5 Å². The van der Waals surface area contributed by atoms with Gasteiger partial charge >= 0.3 is 5.69 Å². The Morgan fingerprint density at radius 2 is 1.75 bits per heavy atom. The zero-order valence-corrected chi connectivity index (χ0v) is 19.1. The van der Waals surface area contributed by atoms with E-state index in [1.54, 1.807) is 31.2 Å². The first kappa shape index (κ1) is 21.6. The number of hydrogen-bond donors (Lipinski definition) is 1. The number of fused-ring (bicyclic) bond motifs is 2. The molecule has 168 valence electrons. The number of hydrogen-bond acceptors (Lipinski definition) is 6. The quantitative estimate of drug-likeness (QED) is 0.497. The van der Waals surface area contributed by atoms with E-state index in [-0.39, 0.29) is 17.5 Å². The van der Waals surface area contributed by atoms with Gasteiger partial charge in [-0.15, -0.1) is 0 Å². The van der Waals surface area contributed by atoms with E-state index in [4.69, 9.17) is 14.5 Å². The number of pyridine rings is 1. The van der Waals surface area contributed by atoms with Gasteiger partial charge in [-0.1, -0.05) is 20.8 Å². The summed E-state index contributed by atoms with van der Waals surface area (Å²) >= 11 is 0. The number of ether oxygens (including phenoxy) is 2. The van der Waals surface area contributed by atoms with Crippen LogP contribution in [-0.4, -0.2) is 38.3 Å². The van der Waals surface area contributed by atoms with Crippen LogP contribution in [0, 0.1) is 5.92 Å². The summed E-state index contributed by atoms with van der Waals surface area (Å²) in [5.41, 5.74) is 0.851. The Kier molecular flexibility index (Phi) is 5.50. The highest BCUT2D eigenvalue weighted by molar-refractivity contribution is 5.89. The fourth-order valence-electron chi connectivity index (χ4n) is 4.00. The smallest absolute Gasteiger partial charge is 0.332 e. The normalized spacial score (nSPS) is 12.6. The van der Waals surface area contributed by atoms with Crippen molar-refractivity contribution in [1.82, 2.24) is 24.1 Å². The van der Waals surface area contributed by atoms with Crippen molar-refractivity contribution in [3.05, 3.63) is 56.8 Å². The molecule has 0 aliphatic carbocycles. The average Bonchev–Trinajstić information content (AvgIpc) is 3.23. The van der Waals surface area contributed by atoms with Gasteiger partial charge in [0.2, 0.25) is 0 Å². The first-order chi connectivity index (χ1) is 15.3. The number of nitrogens with one attached hydrogen (secondary N) is 1. The molecule has 0 aliphatic rings. The molecule has 0 aliphatic heterocycles. The number of imidazole rings is 1. The lowest BCUT2D eigenvalue weighted by atomic mass is 9.96. The van der Waals surface area contributed by atoms with Gasteiger partial charge in [0.05, 0.1) is 14.2 Å². The largest absolute Gasteiger partial charge is 0.493 e. The minimum Gasteiger partial charge on any atom is -0.493 e. The lowest BCUT2D eigenvalue weighted by molar-refractivity contribution is 0.356. The standard InChI is InChI=1S/C23H27N5O4/c1-12(2)11-28-21-19(22(29)27(4)23(28)30)25-20(26-21)13(3)16-10-24-9-14-7-17(31-5)18(32-6)8-15(14)16/h7-10,12-13H,11H2,1-6H3,(H,25,26). The zero-order chi connectivity index (χ0) is 23.2. The third-order valence-electron chi connectivity index (χ3n) is 5.71. The fourth-order valence-corrected chi connectivity index (χ4v) is 4.00. The monoisotopic (exact) mass is 437 g/mol. The number of aromatic amines is 1. The number of aromatic nitrogens is 5. The zero-order valence-electron chi connectivity index (χ0n) is 19.1. The number of nitrogens with zero attached hydrogens (tertiary/aromatic N) is 4. The van der Waals surface area contributed by atoms with Gasteiger partial charge in [0.1, 0.15) is 11.3 Å². The highest BCUT2D eigenvalue weighted by Gasteiger charge is 2.22. The summed E-state index contributed by atoms with van der Waals surface area (Å²) in [6.07, 6.45) is 3.55. The van der Waals surface area contributed by atoms with Crippen molar-refractivity contribution in [2.45, 2.75) is 33.2 Å². The van der Waals surface area contributed by atoms with E-state index in [0.717, 1.165) is 20.9 Å². The maximum atomic E-state index is 12.8.